The van der Waals surface area contributed by atoms with Crippen LogP contribution in [-0.2, 0) is 0 Å². The molecule has 6 heteroatoms. The van der Waals surface area contributed by atoms with Crippen molar-refractivity contribution in [2.75, 3.05) is 0 Å². The minimum atomic E-state index is -0.516. The number of nitrogens with zero attached hydrogens (tertiary/aromatic N) is 1. The number of nitrogens with one attached hydrogen (secondary N) is 1. The number of aromatic hydroxyl groups is 1. The lowest BCUT2D eigenvalue weighted by Crippen LogP contribution is -2.17. The lowest BCUT2D eigenvalue weighted by molar-refractivity contribution is 0.0952. The van der Waals surface area contributed by atoms with Crippen LogP contribution in [0.15, 0.2) is 47.6 Å². The zero-order valence-corrected chi connectivity index (χ0v) is 11.7. The van der Waals surface area contributed by atoms with Crippen molar-refractivity contribution in [1.82, 2.24) is 5.43 Å². The van der Waals surface area contributed by atoms with Crippen LogP contribution in [0.1, 0.15) is 15.9 Å². The highest BCUT2D eigenvalue weighted by Gasteiger charge is 2.08. The first-order valence-electron chi connectivity index (χ1n) is 5.65. The first-order valence-corrected chi connectivity index (χ1v) is 6.40. The molecule has 0 heterocycles. The third-order valence-corrected chi connectivity index (χ3v) is 3.33. The second kappa shape index (κ2) is 6.41. The molecule has 2 aromatic rings. The number of amides is 1. The molecule has 4 nitrogen and oxygen atoms in total. The predicted molar refractivity (Wildman–Crippen MR) is 79.6 cm³/mol. The van der Waals surface area contributed by atoms with Crippen LogP contribution in [0.2, 0.25) is 10.0 Å². The molecule has 0 aliphatic rings. The number of carbonyl (C=O) groups is 1. The summed E-state index contributed by atoms with van der Waals surface area (Å²) in [6, 6.07) is 11.3. The second-order valence-corrected chi connectivity index (χ2v) is 4.64. The van der Waals surface area contributed by atoms with Crippen LogP contribution in [0.25, 0.3) is 0 Å². The number of phenolic OH excluding ortho intramolecular Hbond substituents is 1. The summed E-state index contributed by atoms with van der Waals surface area (Å²) in [6.45, 7) is 0. The van der Waals surface area contributed by atoms with E-state index in [1.165, 1.54) is 18.3 Å². The third-order valence-electron chi connectivity index (χ3n) is 2.50. The van der Waals surface area contributed by atoms with Gasteiger partial charge in [0.1, 0.15) is 5.75 Å². The molecule has 0 unspecified atom stereocenters. The largest absolute Gasteiger partial charge is 0.507 e. The molecule has 0 aromatic heterocycles. The molecule has 0 aliphatic carbocycles. The molecule has 2 rings (SSSR count). The Morgan fingerprint density at radius 1 is 1.15 bits per heavy atom. The van der Waals surface area contributed by atoms with Crippen molar-refractivity contribution in [3.8, 4) is 5.75 Å². The topological polar surface area (TPSA) is 61.7 Å². The molecule has 20 heavy (non-hydrogen) atoms. The number of halogens is 2. The number of hydrogen-bond acceptors (Lipinski definition) is 3. The van der Waals surface area contributed by atoms with Gasteiger partial charge in [-0.15, -0.1) is 0 Å². The normalized spacial score (nSPS) is 10.7. The van der Waals surface area contributed by atoms with Crippen molar-refractivity contribution in [2.45, 2.75) is 0 Å². The first-order chi connectivity index (χ1) is 9.59. The molecule has 0 bridgehead atoms. The zero-order chi connectivity index (χ0) is 14.5. The minimum Gasteiger partial charge on any atom is -0.507 e. The van der Waals surface area contributed by atoms with Crippen molar-refractivity contribution in [3.63, 3.8) is 0 Å². The average Bonchev–Trinajstić information content (AvgIpc) is 2.44. The van der Waals surface area contributed by atoms with Gasteiger partial charge in [0.15, 0.2) is 0 Å². The highest BCUT2D eigenvalue weighted by atomic mass is 35.5. The van der Waals surface area contributed by atoms with Crippen molar-refractivity contribution < 1.29 is 9.90 Å². The van der Waals surface area contributed by atoms with Crippen molar-refractivity contribution in [2.24, 2.45) is 5.10 Å². The van der Waals surface area contributed by atoms with E-state index in [4.69, 9.17) is 23.2 Å². The van der Waals surface area contributed by atoms with Crippen LogP contribution in [0.5, 0.6) is 5.75 Å². The van der Waals surface area contributed by atoms with Crippen LogP contribution < -0.4 is 5.43 Å². The molecular weight excluding hydrogens is 299 g/mol. The number of phenols is 1. The maximum Gasteiger partial charge on any atom is 0.275 e. The highest BCUT2D eigenvalue weighted by Crippen LogP contribution is 2.24. The summed E-state index contributed by atoms with van der Waals surface area (Å²) in [5, 5.41) is 14.1. The van der Waals surface area contributed by atoms with E-state index in [0.717, 1.165) is 0 Å². The summed E-state index contributed by atoms with van der Waals surface area (Å²) >= 11 is 11.8. The Bertz CT molecular complexity index is 672. The molecule has 0 aliphatic heterocycles. The number of benzene rings is 2. The lowest BCUT2D eigenvalue weighted by atomic mass is 10.2. The SMILES string of the molecule is O=C(N/N=C/c1cccc(Cl)c1Cl)c1ccccc1O. The molecular formula is C14H10Cl2N2O2. The Labute approximate surface area is 125 Å². The molecule has 0 spiro atoms. The van der Waals surface area contributed by atoms with Gasteiger partial charge < -0.3 is 5.11 Å². The van der Waals surface area contributed by atoms with Gasteiger partial charge in [-0.25, -0.2) is 5.43 Å². The fourth-order valence-corrected chi connectivity index (χ4v) is 1.86. The smallest absolute Gasteiger partial charge is 0.275 e. The van der Waals surface area contributed by atoms with Crippen LogP contribution >= 0.6 is 23.2 Å². The third kappa shape index (κ3) is 3.29. The molecule has 102 valence electrons. The molecule has 0 radical (unpaired) electrons. The van der Waals surface area contributed by atoms with Gasteiger partial charge >= 0.3 is 0 Å². The Hall–Kier alpha value is -2.04. The van der Waals surface area contributed by atoms with Gasteiger partial charge in [0.25, 0.3) is 5.91 Å². The molecule has 1 amide bonds. The van der Waals surface area contributed by atoms with E-state index in [9.17, 15) is 9.90 Å². The molecule has 2 N–H and O–H groups in total. The van der Waals surface area contributed by atoms with Gasteiger partial charge in [-0.1, -0.05) is 47.5 Å². The molecule has 0 atom stereocenters. The van der Waals surface area contributed by atoms with Gasteiger partial charge in [0, 0.05) is 5.56 Å². The summed E-state index contributed by atoms with van der Waals surface area (Å²) < 4.78 is 0. The summed E-state index contributed by atoms with van der Waals surface area (Å²) in [5.41, 5.74) is 3.02. The van der Waals surface area contributed by atoms with Crippen LogP contribution in [0.3, 0.4) is 0 Å². The second-order valence-electron chi connectivity index (χ2n) is 3.86. The molecule has 2 aromatic carbocycles. The van der Waals surface area contributed by atoms with E-state index in [0.29, 0.717) is 15.6 Å². The number of para-hydroxylation sites is 1. The summed E-state index contributed by atoms with van der Waals surface area (Å²) in [5.74, 6) is -0.626. The molecule has 0 fully saturated rings. The lowest BCUT2D eigenvalue weighted by Gasteiger charge is -2.02. The number of hydrogen-bond donors (Lipinski definition) is 2. The van der Waals surface area contributed by atoms with Crippen LogP contribution in [-0.4, -0.2) is 17.2 Å². The summed E-state index contributed by atoms with van der Waals surface area (Å²) in [4.78, 5) is 11.8. The number of hydrazone groups is 1. The first kappa shape index (κ1) is 14.4. The van der Waals surface area contributed by atoms with E-state index in [-0.39, 0.29) is 11.3 Å². The predicted octanol–water partition coefficient (Wildman–Crippen LogP) is 3.46. The monoisotopic (exact) mass is 308 g/mol. The van der Waals surface area contributed by atoms with Gasteiger partial charge in [-0.3, -0.25) is 4.79 Å². The highest BCUT2D eigenvalue weighted by molar-refractivity contribution is 6.43. The number of carbonyl (C=O) groups excluding carboxylic acids is 1. The molecule has 0 saturated carbocycles. The van der Waals surface area contributed by atoms with Gasteiger partial charge in [-0.2, -0.15) is 5.10 Å². The van der Waals surface area contributed by atoms with E-state index in [1.807, 2.05) is 0 Å². The maximum atomic E-state index is 11.8. The van der Waals surface area contributed by atoms with Gasteiger partial charge in [0.2, 0.25) is 0 Å². The van der Waals surface area contributed by atoms with Crippen molar-refractivity contribution in [3.05, 3.63) is 63.6 Å². The molecule has 0 saturated heterocycles. The summed E-state index contributed by atoms with van der Waals surface area (Å²) in [6.07, 6.45) is 1.38. The number of rotatable bonds is 3. The van der Waals surface area contributed by atoms with E-state index in [1.54, 1.807) is 30.3 Å². The van der Waals surface area contributed by atoms with Gasteiger partial charge in [0.05, 0.1) is 21.8 Å². The zero-order valence-electron chi connectivity index (χ0n) is 10.2. The fraction of sp³-hybridized carbons (Fsp3) is 0. The van der Waals surface area contributed by atoms with E-state index in [2.05, 4.69) is 10.5 Å². The fourth-order valence-electron chi connectivity index (χ4n) is 1.51. The van der Waals surface area contributed by atoms with Gasteiger partial charge in [-0.05, 0) is 18.2 Å². The Morgan fingerprint density at radius 3 is 2.65 bits per heavy atom. The maximum absolute atomic E-state index is 11.8. The van der Waals surface area contributed by atoms with E-state index >= 15 is 0 Å². The summed E-state index contributed by atoms with van der Waals surface area (Å²) in [7, 11) is 0. The quantitative estimate of drug-likeness (QED) is 0.674. The average molecular weight is 309 g/mol. The van der Waals surface area contributed by atoms with Crippen LogP contribution in [0.4, 0.5) is 0 Å². The van der Waals surface area contributed by atoms with Crippen molar-refractivity contribution in [1.29, 1.82) is 0 Å². The Kier molecular flexibility index (Phi) is 4.61. The Balaban J connectivity index is 2.09. The van der Waals surface area contributed by atoms with Crippen molar-refractivity contribution >= 4 is 35.3 Å². The van der Waals surface area contributed by atoms with E-state index < -0.39 is 5.91 Å². The standard InChI is InChI=1S/C14H10Cl2N2O2/c15-11-6-3-4-9(13(11)16)8-17-18-14(20)10-5-1-2-7-12(10)19/h1-8,19H,(H,18,20)/b17-8+. The minimum absolute atomic E-state index is 0.110. The van der Waals surface area contributed by atoms with Crippen LogP contribution in [0, 0.1) is 0 Å². The Morgan fingerprint density at radius 2 is 1.90 bits per heavy atom.